The number of hydrogen-bond acceptors (Lipinski definition) is 3. The first-order valence-electron chi connectivity index (χ1n) is 3.73. The van der Waals surface area contributed by atoms with E-state index in [-0.39, 0.29) is 5.56 Å². The van der Waals surface area contributed by atoms with Crippen molar-refractivity contribution in [1.29, 1.82) is 0 Å². The second kappa shape index (κ2) is 3.30. The summed E-state index contributed by atoms with van der Waals surface area (Å²) >= 11 is 3.27. The van der Waals surface area contributed by atoms with Gasteiger partial charge in [-0.1, -0.05) is 0 Å². The van der Waals surface area contributed by atoms with Crippen molar-refractivity contribution in [2.24, 2.45) is 5.18 Å². The molecule has 0 radical (unpaired) electrons. The van der Waals surface area contributed by atoms with Crippen molar-refractivity contribution in [1.82, 2.24) is 9.61 Å². The van der Waals surface area contributed by atoms with Crippen molar-refractivity contribution in [2.45, 2.75) is 0 Å². The van der Waals surface area contributed by atoms with Gasteiger partial charge in [-0.05, 0) is 28.1 Å². The minimum absolute atomic E-state index is 0.258. The van der Waals surface area contributed by atoms with Crippen LogP contribution in [-0.4, -0.2) is 15.5 Å². The number of carbonyl (C=O) groups is 1. The second-order valence-corrected chi connectivity index (χ2v) is 3.49. The first kappa shape index (κ1) is 9.01. The molecule has 0 aromatic carbocycles. The smallest absolute Gasteiger partial charge is 0.263 e. The highest BCUT2D eigenvalue weighted by Gasteiger charge is 2.08. The summed E-state index contributed by atoms with van der Waals surface area (Å²) in [5.74, 6) is -0.777. The van der Waals surface area contributed by atoms with Gasteiger partial charge in [0, 0.05) is 16.9 Å². The summed E-state index contributed by atoms with van der Waals surface area (Å²) in [6.45, 7) is 0. The van der Waals surface area contributed by atoms with E-state index in [9.17, 15) is 9.70 Å². The molecule has 0 aliphatic carbocycles. The zero-order valence-electron chi connectivity index (χ0n) is 6.85. The SMILES string of the molecule is O=NC(=O)c1ccn2ncc(Br)c2c1. The van der Waals surface area contributed by atoms with E-state index in [2.05, 4.69) is 26.2 Å². The average Bonchev–Trinajstić information content (AvgIpc) is 2.59. The number of rotatable bonds is 1. The van der Waals surface area contributed by atoms with Gasteiger partial charge in [-0.15, -0.1) is 4.91 Å². The molecule has 5 nitrogen and oxygen atoms in total. The summed E-state index contributed by atoms with van der Waals surface area (Å²) < 4.78 is 2.35. The summed E-state index contributed by atoms with van der Waals surface area (Å²) in [7, 11) is 0. The Morgan fingerprint density at radius 1 is 1.57 bits per heavy atom. The number of nitrogens with zero attached hydrogens (tertiary/aromatic N) is 3. The van der Waals surface area contributed by atoms with Gasteiger partial charge in [-0.2, -0.15) is 5.10 Å². The van der Waals surface area contributed by atoms with Gasteiger partial charge >= 0.3 is 5.91 Å². The van der Waals surface area contributed by atoms with Crippen LogP contribution in [0.2, 0.25) is 0 Å². The van der Waals surface area contributed by atoms with Crippen LogP contribution in [0.15, 0.2) is 34.2 Å². The molecule has 2 aromatic heterocycles. The molecular weight excluding hydrogens is 250 g/mol. The van der Waals surface area contributed by atoms with Crippen LogP contribution >= 0.6 is 15.9 Å². The molecule has 70 valence electrons. The van der Waals surface area contributed by atoms with E-state index in [0.29, 0.717) is 0 Å². The maximum atomic E-state index is 11.0. The highest BCUT2D eigenvalue weighted by molar-refractivity contribution is 9.10. The summed E-state index contributed by atoms with van der Waals surface area (Å²) in [6, 6.07) is 3.05. The van der Waals surface area contributed by atoms with E-state index >= 15 is 0 Å². The first-order chi connectivity index (χ1) is 6.72. The molecule has 2 heterocycles. The lowest BCUT2D eigenvalue weighted by atomic mass is 10.2. The van der Waals surface area contributed by atoms with Crippen LogP contribution < -0.4 is 0 Å². The highest BCUT2D eigenvalue weighted by Crippen LogP contribution is 2.18. The van der Waals surface area contributed by atoms with Crippen molar-refractivity contribution in [3.05, 3.63) is 39.5 Å². The quantitative estimate of drug-likeness (QED) is 0.731. The molecule has 1 amide bonds. The standard InChI is InChI=1S/C8H4BrN3O2/c9-6-4-10-12-2-1-5(3-7(6)12)8(13)11-14/h1-4H. The first-order valence-corrected chi connectivity index (χ1v) is 4.52. The Bertz CT molecular complexity index is 520. The van der Waals surface area contributed by atoms with Crippen LogP contribution in [0.5, 0.6) is 0 Å². The molecule has 0 aliphatic rings. The highest BCUT2D eigenvalue weighted by atomic mass is 79.9. The monoisotopic (exact) mass is 253 g/mol. The number of hydrogen-bond donors (Lipinski definition) is 0. The number of nitroso groups, excluding NO2 is 1. The number of aromatic nitrogens is 2. The van der Waals surface area contributed by atoms with Crippen LogP contribution in [0, 0.1) is 4.91 Å². The van der Waals surface area contributed by atoms with Gasteiger partial charge in [-0.3, -0.25) is 4.79 Å². The molecule has 2 rings (SSSR count). The van der Waals surface area contributed by atoms with Crippen LogP contribution in [-0.2, 0) is 0 Å². The second-order valence-electron chi connectivity index (χ2n) is 2.63. The van der Waals surface area contributed by atoms with Gasteiger partial charge < -0.3 is 0 Å². The van der Waals surface area contributed by atoms with Crippen molar-refractivity contribution in [3.8, 4) is 0 Å². The van der Waals surface area contributed by atoms with Gasteiger partial charge in [-0.25, -0.2) is 4.52 Å². The molecule has 0 spiro atoms. The van der Waals surface area contributed by atoms with Crippen LogP contribution in [0.25, 0.3) is 5.52 Å². The van der Waals surface area contributed by atoms with Crippen molar-refractivity contribution in [2.75, 3.05) is 0 Å². The molecule has 0 aliphatic heterocycles. The molecule has 0 saturated heterocycles. The van der Waals surface area contributed by atoms with Gasteiger partial charge in [0.1, 0.15) is 0 Å². The minimum atomic E-state index is -0.777. The van der Waals surface area contributed by atoms with E-state index in [1.165, 1.54) is 6.07 Å². The molecule has 0 bridgehead atoms. The topological polar surface area (TPSA) is 63.8 Å². The largest absolute Gasteiger partial charge is 0.316 e. The van der Waals surface area contributed by atoms with Gasteiger partial charge in [0.15, 0.2) is 0 Å². The average molecular weight is 254 g/mol. The Morgan fingerprint density at radius 3 is 3.07 bits per heavy atom. The minimum Gasteiger partial charge on any atom is -0.263 e. The van der Waals surface area contributed by atoms with Crippen LogP contribution in [0.3, 0.4) is 0 Å². The third kappa shape index (κ3) is 1.33. The zero-order chi connectivity index (χ0) is 10.1. The Morgan fingerprint density at radius 2 is 2.36 bits per heavy atom. The normalized spacial score (nSPS) is 10.4. The van der Waals surface area contributed by atoms with Crippen LogP contribution in [0.1, 0.15) is 10.4 Å². The van der Waals surface area contributed by atoms with Crippen LogP contribution in [0.4, 0.5) is 0 Å². The summed E-state index contributed by atoms with van der Waals surface area (Å²) in [6.07, 6.45) is 3.20. The Kier molecular flexibility index (Phi) is 2.12. The number of halogens is 1. The summed E-state index contributed by atoms with van der Waals surface area (Å²) in [5.41, 5.74) is 0.980. The molecular formula is C8H4BrN3O2. The van der Waals surface area contributed by atoms with Gasteiger partial charge in [0.2, 0.25) is 0 Å². The number of carbonyl (C=O) groups excluding carboxylic acids is 1. The maximum absolute atomic E-state index is 11.0. The molecule has 14 heavy (non-hydrogen) atoms. The van der Waals surface area contributed by atoms with Crippen molar-refractivity contribution >= 4 is 27.4 Å². The lowest BCUT2D eigenvalue weighted by Gasteiger charge is -1.95. The fourth-order valence-electron chi connectivity index (χ4n) is 1.14. The Balaban J connectivity index is 2.65. The van der Waals surface area contributed by atoms with E-state index in [1.54, 1.807) is 23.0 Å². The van der Waals surface area contributed by atoms with Crippen molar-refractivity contribution < 1.29 is 4.79 Å². The third-order valence-corrected chi connectivity index (χ3v) is 2.42. The maximum Gasteiger partial charge on any atom is 0.316 e. The van der Waals surface area contributed by atoms with E-state index in [1.807, 2.05) is 0 Å². The predicted octanol–water partition coefficient (Wildman–Crippen LogP) is 2.00. The lowest BCUT2D eigenvalue weighted by Crippen LogP contribution is -1.95. The van der Waals surface area contributed by atoms with Gasteiger partial charge in [0.25, 0.3) is 0 Å². The molecule has 0 unspecified atom stereocenters. The summed E-state index contributed by atoms with van der Waals surface area (Å²) in [4.78, 5) is 21.0. The number of fused-ring (bicyclic) bond motifs is 1. The molecule has 0 fully saturated rings. The van der Waals surface area contributed by atoms with E-state index in [0.717, 1.165) is 9.99 Å². The third-order valence-electron chi connectivity index (χ3n) is 1.80. The Hall–Kier alpha value is -1.56. The number of pyridine rings is 1. The Labute approximate surface area is 86.8 Å². The fraction of sp³-hybridized carbons (Fsp3) is 0. The fourth-order valence-corrected chi connectivity index (χ4v) is 1.52. The van der Waals surface area contributed by atoms with E-state index < -0.39 is 5.91 Å². The lowest BCUT2D eigenvalue weighted by molar-refractivity contribution is 0.100. The number of amides is 1. The van der Waals surface area contributed by atoms with Crippen molar-refractivity contribution in [3.63, 3.8) is 0 Å². The predicted molar refractivity (Wildman–Crippen MR) is 53.0 cm³/mol. The molecule has 6 heteroatoms. The van der Waals surface area contributed by atoms with Gasteiger partial charge in [0.05, 0.1) is 16.2 Å². The molecule has 0 saturated carbocycles. The molecule has 2 aromatic rings. The zero-order valence-corrected chi connectivity index (χ0v) is 8.43. The molecule has 0 atom stereocenters. The molecule has 0 N–H and O–H groups in total. The van der Waals surface area contributed by atoms with E-state index in [4.69, 9.17) is 0 Å². The summed E-state index contributed by atoms with van der Waals surface area (Å²) in [5, 5.41) is 6.34.